The van der Waals surface area contributed by atoms with Crippen LogP contribution < -0.4 is 10.1 Å². The minimum absolute atomic E-state index is 0.724. The lowest BCUT2D eigenvalue weighted by Gasteiger charge is -2.00. The van der Waals surface area contributed by atoms with Gasteiger partial charge in [-0.3, -0.25) is 9.78 Å². The number of nitrogens with one attached hydrogen (secondary N) is 2. The van der Waals surface area contributed by atoms with E-state index in [0.717, 1.165) is 48.0 Å². The molecule has 0 fully saturated rings. The van der Waals surface area contributed by atoms with Gasteiger partial charge in [-0.1, -0.05) is 0 Å². The van der Waals surface area contributed by atoms with Crippen molar-refractivity contribution < 1.29 is 4.74 Å². The van der Waals surface area contributed by atoms with Crippen LogP contribution in [0.2, 0.25) is 0 Å². The third-order valence-corrected chi connectivity index (χ3v) is 3.66. The molecule has 0 unspecified atom stereocenters. The summed E-state index contributed by atoms with van der Waals surface area (Å²) in [4.78, 5) is 0. The SMILES string of the molecule is CCn1ccc(CNCc2cc(-c3ccc(OC)cc3)n[nH]2)n1. The highest BCUT2D eigenvalue weighted by molar-refractivity contribution is 5.60. The summed E-state index contributed by atoms with van der Waals surface area (Å²) in [5.41, 5.74) is 4.09. The Kier molecular flexibility index (Phi) is 4.73. The van der Waals surface area contributed by atoms with E-state index in [1.54, 1.807) is 7.11 Å². The van der Waals surface area contributed by atoms with Crippen molar-refractivity contribution in [2.24, 2.45) is 0 Å². The Bertz CT molecular complexity index is 744. The number of rotatable bonds is 7. The van der Waals surface area contributed by atoms with E-state index in [9.17, 15) is 0 Å². The maximum absolute atomic E-state index is 5.17. The molecule has 1 aromatic carbocycles. The van der Waals surface area contributed by atoms with Crippen LogP contribution in [0.3, 0.4) is 0 Å². The van der Waals surface area contributed by atoms with Crippen LogP contribution in [0.1, 0.15) is 18.3 Å². The Morgan fingerprint density at radius 1 is 1.17 bits per heavy atom. The number of H-pyrrole nitrogens is 1. The first-order valence-corrected chi connectivity index (χ1v) is 7.70. The van der Waals surface area contributed by atoms with E-state index in [4.69, 9.17) is 4.74 Å². The van der Waals surface area contributed by atoms with Crippen LogP contribution in [-0.2, 0) is 19.6 Å². The summed E-state index contributed by atoms with van der Waals surface area (Å²) < 4.78 is 7.09. The van der Waals surface area contributed by atoms with Gasteiger partial charge in [-0.2, -0.15) is 10.2 Å². The lowest BCUT2D eigenvalue weighted by Crippen LogP contribution is -2.13. The minimum Gasteiger partial charge on any atom is -0.497 e. The summed E-state index contributed by atoms with van der Waals surface area (Å²) >= 11 is 0. The zero-order valence-electron chi connectivity index (χ0n) is 13.4. The van der Waals surface area contributed by atoms with E-state index in [0.29, 0.717) is 0 Å². The Balaban J connectivity index is 1.56. The van der Waals surface area contributed by atoms with Gasteiger partial charge in [0.25, 0.3) is 0 Å². The van der Waals surface area contributed by atoms with Crippen molar-refractivity contribution in [2.45, 2.75) is 26.6 Å². The zero-order valence-corrected chi connectivity index (χ0v) is 13.4. The Hall–Kier alpha value is -2.60. The average Bonchev–Trinajstić information content (AvgIpc) is 3.24. The van der Waals surface area contributed by atoms with Gasteiger partial charge in [-0.05, 0) is 43.3 Å². The molecule has 23 heavy (non-hydrogen) atoms. The molecule has 0 aliphatic heterocycles. The molecule has 0 saturated carbocycles. The Morgan fingerprint density at radius 3 is 2.70 bits per heavy atom. The summed E-state index contributed by atoms with van der Waals surface area (Å²) in [6.07, 6.45) is 2.00. The molecular weight excluding hydrogens is 290 g/mol. The summed E-state index contributed by atoms with van der Waals surface area (Å²) in [6.45, 7) is 4.44. The van der Waals surface area contributed by atoms with Crippen LogP contribution >= 0.6 is 0 Å². The second kappa shape index (κ2) is 7.11. The summed E-state index contributed by atoms with van der Waals surface area (Å²) in [6, 6.07) is 12.0. The van der Waals surface area contributed by atoms with E-state index < -0.39 is 0 Å². The molecule has 3 rings (SSSR count). The molecule has 0 aliphatic rings. The molecule has 0 amide bonds. The van der Waals surface area contributed by atoms with Gasteiger partial charge in [-0.15, -0.1) is 0 Å². The van der Waals surface area contributed by atoms with Gasteiger partial charge in [0, 0.05) is 37.1 Å². The van der Waals surface area contributed by atoms with E-state index in [1.165, 1.54) is 0 Å². The van der Waals surface area contributed by atoms with Crippen LogP contribution in [-0.4, -0.2) is 27.1 Å². The van der Waals surface area contributed by atoms with Crippen LogP contribution in [0, 0.1) is 0 Å². The fourth-order valence-electron chi connectivity index (χ4n) is 2.36. The van der Waals surface area contributed by atoms with Crippen LogP contribution in [0.15, 0.2) is 42.6 Å². The fourth-order valence-corrected chi connectivity index (χ4v) is 2.36. The zero-order chi connectivity index (χ0) is 16.1. The molecule has 6 nitrogen and oxygen atoms in total. The van der Waals surface area contributed by atoms with E-state index in [1.807, 2.05) is 41.2 Å². The first kappa shape index (κ1) is 15.3. The van der Waals surface area contributed by atoms with Crippen molar-refractivity contribution >= 4 is 0 Å². The molecule has 0 radical (unpaired) electrons. The normalized spacial score (nSPS) is 10.9. The first-order valence-electron chi connectivity index (χ1n) is 7.70. The summed E-state index contributed by atoms with van der Waals surface area (Å²) in [7, 11) is 1.66. The van der Waals surface area contributed by atoms with Crippen molar-refractivity contribution in [3.05, 3.63) is 54.0 Å². The highest BCUT2D eigenvalue weighted by atomic mass is 16.5. The maximum atomic E-state index is 5.17. The van der Waals surface area contributed by atoms with Crippen molar-refractivity contribution in [1.82, 2.24) is 25.3 Å². The molecule has 0 atom stereocenters. The van der Waals surface area contributed by atoms with Gasteiger partial charge in [0.2, 0.25) is 0 Å². The largest absolute Gasteiger partial charge is 0.497 e. The lowest BCUT2D eigenvalue weighted by atomic mass is 10.1. The number of aromatic amines is 1. The Morgan fingerprint density at radius 2 is 2.00 bits per heavy atom. The van der Waals surface area contributed by atoms with Crippen molar-refractivity contribution in [3.8, 4) is 17.0 Å². The number of aryl methyl sites for hydroxylation is 1. The predicted octanol–water partition coefficient (Wildman–Crippen LogP) is 2.59. The third kappa shape index (κ3) is 3.78. The minimum atomic E-state index is 0.724. The fraction of sp³-hybridized carbons (Fsp3) is 0.294. The smallest absolute Gasteiger partial charge is 0.118 e. The van der Waals surface area contributed by atoms with E-state index in [-0.39, 0.29) is 0 Å². The van der Waals surface area contributed by atoms with E-state index >= 15 is 0 Å². The lowest BCUT2D eigenvalue weighted by molar-refractivity contribution is 0.415. The second-order valence-electron chi connectivity index (χ2n) is 5.27. The molecule has 3 aromatic rings. The van der Waals surface area contributed by atoms with Crippen molar-refractivity contribution in [1.29, 1.82) is 0 Å². The summed E-state index contributed by atoms with van der Waals surface area (Å²) in [5.74, 6) is 0.845. The number of hydrogen-bond acceptors (Lipinski definition) is 4. The molecule has 2 aromatic heterocycles. The molecule has 2 heterocycles. The third-order valence-electron chi connectivity index (χ3n) is 3.66. The number of methoxy groups -OCH3 is 1. The molecule has 6 heteroatoms. The molecule has 0 saturated heterocycles. The van der Waals surface area contributed by atoms with E-state index in [2.05, 4.69) is 33.6 Å². The van der Waals surface area contributed by atoms with Gasteiger partial charge in [0.1, 0.15) is 5.75 Å². The topological polar surface area (TPSA) is 67.8 Å². The molecular formula is C17H21N5O. The van der Waals surface area contributed by atoms with Crippen LogP contribution in [0.4, 0.5) is 0 Å². The van der Waals surface area contributed by atoms with Gasteiger partial charge in [0.15, 0.2) is 0 Å². The highest BCUT2D eigenvalue weighted by Crippen LogP contribution is 2.21. The highest BCUT2D eigenvalue weighted by Gasteiger charge is 2.05. The number of aromatic nitrogens is 4. The van der Waals surface area contributed by atoms with Crippen molar-refractivity contribution in [3.63, 3.8) is 0 Å². The monoisotopic (exact) mass is 311 g/mol. The number of benzene rings is 1. The van der Waals surface area contributed by atoms with Crippen LogP contribution in [0.5, 0.6) is 5.75 Å². The number of ether oxygens (including phenoxy) is 1. The second-order valence-corrected chi connectivity index (χ2v) is 5.27. The standard InChI is InChI=1S/C17H21N5O/c1-3-22-9-8-14(21-22)11-18-12-15-10-17(20-19-15)13-4-6-16(23-2)7-5-13/h4-10,18H,3,11-12H2,1-2H3,(H,19,20). The van der Waals surface area contributed by atoms with Crippen LogP contribution in [0.25, 0.3) is 11.3 Å². The van der Waals surface area contributed by atoms with Crippen molar-refractivity contribution in [2.75, 3.05) is 7.11 Å². The quantitative estimate of drug-likeness (QED) is 0.704. The number of hydrogen-bond donors (Lipinski definition) is 2. The molecule has 0 spiro atoms. The first-order chi connectivity index (χ1) is 11.3. The van der Waals surface area contributed by atoms with Gasteiger partial charge in [0.05, 0.1) is 18.5 Å². The van der Waals surface area contributed by atoms with Gasteiger partial charge in [-0.25, -0.2) is 0 Å². The average molecular weight is 311 g/mol. The summed E-state index contributed by atoms with van der Waals surface area (Å²) in [5, 5.41) is 15.2. The van der Waals surface area contributed by atoms with Gasteiger partial charge < -0.3 is 10.1 Å². The molecule has 0 aliphatic carbocycles. The number of nitrogens with zero attached hydrogens (tertiary/aromatic N) is 3. The Labute approximate surface area is 135 Å². The predicted molar refractivity (Wildman–Crippen MR) is 89.0 cm³/mol. The molecule has 120 valence electrons. The molecule has 0 bridgehead atoms. The van der Waals surface area contributed by atoms with Gasteiger partial charge >= 0.3 is 0 Å². The molecule has 2 N–H and O–H groups in total. The maximum Gasteiger partial charge on any atom is 0.118 e.